The van der Waals surface area contributed by atoms with Gasteiger partial charge < -0.3 is 10.2 Å². The third-order valence-electron chi connectivity index (χ3n) is 5.90. The van der Waals surface area contributed by atoms with Gasteiger partial charge in [-0.2, -0.15) is 0 Å². The number of benzene rings is 2. The van der Waals surface area contributed by atoms with Crippen molar-refractivity contribution in [1.82, 2.24) is 5.32 Å². The van der Waals surface area contributed by atoms with Crippen LogP contribution in [0.5, 0.6) is 0 Å². The number of carbonyl (C=O) groups excluding carboxylic acids is 2. The van der Waals surface area contributed by atoms with Crippen molar-refractivity contribution >= 4 is 17.4 Å². The van der Waals surface area contributed by atoms with Gasteiger partial charge in [-0.1, -0.05) is 24.3 Å². The molecule has 0 atom stereocenters. The molecule has 0 radical (unpaired) electrons. The van der Waals surface area contributed by atoms with Gasteiger partial charge in [0.1, 0.15) is 0 Å². The smallest absolute Gasteiger partial charge is 0.220 e. The second kappa shape index (κ2) is 8.59. The van der Waals surface area contributed by atoms with E-state index in [1.807, 2.05) is 12.1 Å². The molecular formula is C24H28N2O2. The van der Waals surface area contributed by atoms with E-state index in [0.29, 0.717) is 6.54 Å². The number of nitrogens with one attached hydrogen (secondary N) is 1. The van der Waals surface area contributed by atoms with E-state index in [1.165, 1.54) is 36.1 Å². The average molecular weight is 377 g/mol. The average Bonchev–Trinajstić information content (AvgIpc) is 3.42. The second-order valence-electron chi connectivity index (χ2n) is 7.90. The summed E-state index contributed by atoms with van der Waals surface area (Å²) in [6.07, 6.45) is 6.39. The maximum atomic E-state index is 12.4. The number of anilines is 1. The van der Waals surface area contributed by atoms with Crippen LogP contribution in [0.1, 0.15) is 59.2 Å². The summed E-state index contributed by atoms with van der Waals surface area (Å²) in [7, 11) is 0. The normalized spacial score (nSPS) is 15.5. The van der Waals surface area contributed by atoms with Gasteiger partial charge in [-0.3, -0.25) is 9.59 Å². The van der Waals surface area contributed by atoms with E-state index in [2.05, 4.69) is 40.5 Å². The van der Waals surface area contributed by atoms with E-state index in [-0.39, 0.29) is 24.5 Å². The van der Waals surface area contributed by atoms with Gasteiger partial charge >= 0.3 is 0 Å². The lowest BCUT2D eigenvalue weighted by Gasteiger charge is -2.17. The van der Waals surface area contributed by atoms with Crippen molar-refractivity contribution in [3.8, 4) is 0 Å². The Morgan fingerprint density at radius 2 is 1.61 bits per heavy atom. The first-order valence-electron chi connectivity index (χ1n) is 10.4. The summed E-state index contributed by atoms with van der Waals surface area (Å²) in [6.45, 7) is 2.77. The van der Waals surface area contributed by atoms with Gasteiger partial charge in [0.2, 0.25) is 5.91 Å². The maximum Gasteiger partial charge on any atom is 0.220 e. The monoisotopic (exact) mass is 376 g/mol. The van der Waals surface area contributed by atoms with Crippen LogP contribution in [-0.2, 0) is 24.2 Å². The number of ketones is 1. The molecule has 1 heterocycles. The predicted molar refractivity (Wildman–Crippen MR) is 112 cm³/mol. The fourth-order valence-corrected chi connectivity index (χ4v) is 4.21. The van der Waals surface area contributed by atoms with E-state index < -0.39 is 0 Å². The van der Waals surface area contributed by atoms with Gasteiger partial charge in [-0.25, -0.2) is 0 Å². The van der Waals surface area contributed by atoms with Gasteiger partial charge in [0.25, 0.3) is 0 Å². The standard InChI is InChI=1S/C24H28N2O2/c27-23(21-9-8-19-4-3-5-20(19)16-21)12-13-24(28)25-17-18-6-10-22(11-7-18)26-14-1-2-15-26/h6-11,16H,1-5,12-15,17H2,(H,25,28). The Labute approximate surface area is 166 Å². The summed E-state index contributed by atoms with van der Waals surface area (Å²) in [6, 6.07) is 14.4. The molecule has 146 valence electrons. The summed E-state index contributed by atoms with van der Waals surface area (Å²) in [4.78, 5) is 26.9. The molecule has 1 aliphatic carbocycles. The Bertz CT molecular complexity index is 851. The van der Waals surface area contributed by atoms with Crippen LogP contribution in [-0.4, -0.2) is 24.8 Å². The highest BCUT2D eigenvalue weighted by atomic mass is 16.2. The minimum atomic E-state index is -0.0712. The van der Waals surface area contributed by atoms with E-state index in [9.17, 15) is 9.59 Å². The highest BCUT2D eigenvalue weighted by Crippen LogP contribution is 2.23. The van der Waals surface area contributed by atoms with Crippen LogP contribution in [0.15, 0.2) is 42.5 Å². The molecule has 2 aromatic carbocycles. The van der Waals surface area contributed by atoms with E-state index in [0.717, 1.165) is 37.1 Å². The highest BCUT2D eigenvalue weighted by Gasteiger charge is 2.15. The van der Waals surface area contributed by atoms with Crippen LogP contribution in [0.25, 0.3) is 0 Å². The Balaban J connectivity index is 1.22. The predicted octanol–water partition coefficient (Wildman–Crippen LogP) is 4.05. The van der Waals surface area contributed by atoms with E-state index in [1.54, 1.807) is 0 Å². The first kappa shape index (κ1) is 18.7. The van der Waals surface area contributed by atoms with Crippen molar-refractivity contribution < 1.29 is 9.59 Å². The fourth-order valence-electron chi connectivity index (χ4n) is 4.21. The Hall–Kier alpha value is -2.62. The molecule has 4 nitrogen and oxygen atoms in total. The molecule has 1 fully saturated rings. The molecular weight excluding hydrogens is 348 g/mol. The molecule has 0 aromatic heterocycles. The topological polar surface area (TPSA) is 49.4 Å². The van der Waals surface area contributed by atoms with Crippen LogP contribution < -0.4 is 10.2 Å². The molecule has 1 aliphatic heterocycles. The molecule has 1 N–H and O–H groups in total. The summed E-state index contributed by atoms with van der Waals surface area (Å²) >= 11 is 0. The number of aryl methyl sites for hydroxylation is 2. The van der Waals surface area contributed by atoms with Crippen molar-refractivity contribution in [3.05, 3.63) is 64.7 Å². The molecule has 0 unspecified atom stereocenters. The van der Waals surface area contributed by atoms with Gasteiger partial charge in [0.15, 0.2) is 5.78 Å². The van der Waals surface area contributed by atoms with Crippen molar-refractivity contribution in [2.75, 3.05) is 18.0 Å². The van der Waals surface area contributed by atoms with Gasteiger partial charge in [-0.05, 0) is 67.0 Å². The Kier molecular flexibility index (Phi) is 5.75. The first-order chi connectivity index (χ1) is 13.7. The number of carbonyl (C=O) groups is 2. The molecule has 2 aromatic rings. The molecule has 0 spiro atoms. The van der Waals surface area contributed by atoms with E-state index in [4.69, 9.17) is 0 Å². The van der Waals surface area contributed by atoms with Gasteiger partial charge in [0.05, 0.1) is 0 Å². The number of hydrogen-bond acceptors (Lipinski definition) is 3. The lowest BCUT2D eigenvalue weighted by atomic mass is 10.0. The van der Waals surface area contributed by atoms with Crippen LogP contribution in [0, 0.1) is 0 Å². The summed E-state index contributed by atoms with van der Waals surface area (Å²) in [5.41, 5.74) is 5.75. The molecule has 28 heavy (non-hydrogen) atoms. The van der Waals surface area contributed by atoms with Crippen LogP contribution in [0.2, 0.25) is 0 Å². The molecule has 1 saturated heterocycles. The largest absolute Gasteiger partial charge is 0.372 e. The molecule has 4 heteroatoms. The molecule has 4 rings (SSSR count). The number of nitrogens with zero attached hydrogens (tertiary/aromatic N) is 1. The molecule has 1 amide bonds. The lowest BCUT2D eigenvalue weighted by Crippen LogP contribution is -2.23. The summed E-state index contributed by atoms with van der Waals surface area (Å²) in [5, 5.41) is 2.93. The molecule has 2 aliphatic rings. The fraction of sp³-hybridized carbons (Fsp3) is 0.417. The highest BCUT2D eigenvalue weighted by molar-refractivity contribution is 5.98. The minimum Gasteiger partial charge on any atom is -0.372 e. The third kappa shape index (κ3) is 4.44. The number of Topliss-reactive ketones (excluding diaryl/α,β-unsaturated/α-hetero) is 1. The maximum absolute atomic E-state index is 12.4. The quantitative estimate of drug-likeness (QED) is 0.742. The number of fused-ring (bicyclic) bond motifs is 1. The van der Waals surface area contributed by atoms with Gasteiger partial charge in [-0.15, -0.1) is 0 Å². The number of amides is 1. The second-order valence-corrected chi connectivity index (χ2v) is 7.90. The van der Waals surface area contributed by atoms with Crippen molar-refractivity contribution in [1.29, 1.82) is 0 Å². The minimum absolute atomic E-state index is 0.0554. The van der Waals surface area contributed by atoms with Crippen LogP contribution in [0.3, 0.4) is 0 Å². The zero-order valence-corrected chi connectivity index (χ0v) is 16.4. The Morgan fingerprint density at radius 1 is 0.857 bits per heavy atom. The zero-order chi connectivity index (χ0) is 19.3. The van der Waals surface area contributed by atoms with E-state index >= 15 is 0 Å². The number of hydrogen-bond donors (Lipinski definition) is 1. The Morgan fingerprint density at radius 3 is 2.39 bits per heavy atom. The van der Waals surface area contributed by atoms with Crippen LogP contribution >= 0.6 is 0 Å². The van der Waals surface area contributed by atoms with Crippen molar-refractivity contribution in [3.63, 3.8) is 0 Å². The molecule has 0 saturated carbocycles. The molecule has 0 bridgehead atoms. The van der Waals surface area contributed by atoms with Crippen molar-refractivity contribution in [2.24, 2.45) is 0 Å². The first-order valence-corrected chi connectivity index (χ1v) is 10.4. The summed E-state index contributed by atoms with van der Waals surface area (Å²) in [5.74, 6) is -0.0158. The third-order valence-corrected chi connectivity index (χ3v) is 5.90. The number of rotatable bonds is 7. The van der Waals surface area contributed by atoms with Gasteiger partial charge in [0, 0.05) is 43.7 Å². The zero-order valence-electron chi connectivity index (χ0n) is 16.4. The summed E-state index contributed by atoms with van der Waals surface area (Å²) < 4.78 is 0. The lowest BCUT2D eigenvalue weighted by molar-refractivity contribution is -0.121. The SMILES string of the molecule is O=C(CCC(=O)c1ccc2c(c1)CCC2)NCc1ccc(N2CCCC2)cc1. The van der Waals surface area contributed by atoms with Crippen LogP contribution in [0.4, 0.5) is 5.69 Å². The van der Waals surface area contributed by atoms with Crippen molar-refractivity contribution in [2.45, 2.75) is 51.5 Å².